The van der Waals surface area contributed by atoms with Crippen molar-refractivity contribution in [3.05, 3.63) is 34.3 Å². The molecule has 1 rings (SSSR count). The summed E-state index contributed by atoms with van der Waals surface area (Å²) in [4.78, 5) is 0. The number of nitrogens with one attached hydrogen (secondary N) is 1. The van der Waals surface area contributed by atoms with Crippen LogP contribution in [-0.4, -0.2) is 20.1 Å². The van der Waals surface area contributed by atoms with Gasteiger partial charge in [0, 0.05) is 16.9 Å². The summed E-state index contributed by atoms with van der Waals surface area (Å²) in [6.45, 7) is 0.322. The first-order valence-corrected chi connectivity index (χ1v) is 8.29. The minimum absolute atomic E-state index is 0.133. The Bertz CT molecular complexity index is 451. The maximum Gasteiger partial charge on any atom is 0.211 e. The van der Waals surface area contributed by atoms with Crippen molar-refractivity contribution < 1.29 is 8.42 Å². The number of rotatable bonds is 7. The van der Waals surface area contributed by atoms with E-state index < -0.39 is 10.0 Å². The van der Waals surface area contributed by atoms with Crippen LogP contribution in [-0.2, 0) is 16.6 Å². The van der Waals surface area contributed by atoms with Crippen LogP contribution >= 0.6 is 27.5 Å². The van der Waals surface area contributed by atoms with Crippen molar-refractivity contribution in [2.45, 2.75) is 19.4 Å². The molecule has 6 heteroatoms. The Morgan fingerprint density at radius 1 is 1.29 bits per heavy atom. The molecule has 0 spiro atoms. The van der Waals surface area contributed by atoms with Gasteiger partial charge < -0.3 is 0 Å². The molecule has 0 unspecified atom stereocenters. The quantitative estimate of drug-likeness (QED) is 0.613. The first kappa shape index (κ1) is 15.0. The smallest absolute Gasteiger partial charge is 0.211 e. The minimum Gasteiger partial charge on any atom is -0.212 e. The SMILES string of the molecule is O=S(=O)(CCCCCl)NCc1cccc(Br)c1. The molecule has 96 valence electrons. The summed E-state index contributed by atoms with van der Waals surface area (Å²) in [5.41, 5.74) is 0.931. The second-order valence-corrected chi connectivity index (χ2v) is 6.89. The van der Waals surface area contributed by atoms with Gasteiger partial charge in [-0.25, -0.2) is 13.1 Å². The van der Waals surface area contributed by atoms with Gasteiger partial charge in [0.1, 0.15) is 0 Å². The third kappa shape index (κ3) is 6.41. The van der Waals surface area contributed by atoms with Gasteiger partial charge in [0.15, 0.2) is 0 Å². The molecule has 1 N–H and O–H groups in total. The van der Waals surface area contributed by atoms with E-state index in [-0.39, 0.29) is 5.75 Å². The largest absolute Gasteiger partial charge is 0.212 e. The topological polar surface area (TPSA) is 46.2 Å². The van der Waals surface area contributed by atoms with Gasteiger partial charge in [0.05, 0.1) is 5.75 Å². The van der Waals surface area contributed by atoms with Gasteiger partial charge in [-0.2, -0.15) is 0 Å². The molecule has 0 saturated heterocycles. The predicted molar refractivity (Wildman–Crippen MR) is 74.7 cm³/mol. The number of unbranched alkanes of at least 4 members (excludes halogenated alkanes) is 1. The van der Waals surface area contributed by atoms with E-state index in [0.29, 0.717) is 18.8 Å². The summed E-state index contributed by atoms with van der Waals surface area (Å²) >= 11 is 8.84. The first-order chi connectivity index (χ1) is 8.03. The zero-order chi connectivity index (χ0) is 12.7. The van der Waals surface area contributed by atoms with Crippen LogP contribution in [0.15, 0.2) is 28.7 Å². The molecule has 17 heavy (non-hydrogen) atoms. The number of benzene rings is 1. The standard InChI is InChI=1S/C11H15BrClNO2S/c12-11-5-3-4-10(8-11)9-14-17(15,16)7-2-1-6-13/h3-5,8,14H,1-2,6-7,9H2. The Morgan fingerprint density at radius 3 is 2.71 bits per heavy atom. The molecule has 1 aromatic rings. The Hall–Kier alpha value is -0.100. The van der Waals surface area contributed by atoms with Crippen molar-refractivity contribution in [3.63, 3.8) is 0 Å². The van der Waals surface area contributed by atoms with Crippen LogP contribution in [0.4, 0.5) is 0 Å². The van der Waals surface area contributed by atoms with Crippen molar-refractivity contribution in [2.75, 3.05) is 11.6 Å². The van der Waals surface area contributed by atoms with E-state index in [1.165, 1.54) is 0 Å². The van der Waals surface area contributed by atoms with Crippen LogP contribution < -0.4 is 4.72 Å². The molecule has 0 aliphatic carbocycles. The summed E-state index contributed by atoms with van der Waals surface area (Å²) in [5.74, 6) is 0.634. The summed E-state index contributed by atoms with van der Waals surface area (Å²) in [6, 6.07) is 7.55. The van der Waals surface area contributed by atoms with Crippen LogP contribution in [0.1, 0.15) is 18.4 Å². The number of hydrogen-bond donors (Lipinski definition) is 1. The highest BCUT2D eigenvalue weighted by Gasteiger charge is 2.09. The van der Waals surface area contributed by atoms with E-state index >= 15 is 0 Å². The summed E-state index contributed by atoms with van der Waals surface area (Å²) < 4.78 is 26.7. The highest BCUT2D eigenvalue weighted by atomic mass is 79.9. The number of hydrogen-bond acceptors (Lipinski definition) is 2. The molecule has 0 amide bonds. The second-order valence-electron chi connectivity index (χ2n) is 3.67. The molecule has 0 aromatic heterocycles. The number of sulfonamides is 1. The Balaban J connectivity index is 2.44. The fourth-order valence-electron chi connectivity index (χ4n) is 1.30. The summed E-state index contributed by atoms with van der Waals surface area (Å²) in [5, 5.41) is 0. The first-order valence-electron chi connectivity index (χ1n) is 5.31. The molecule has 0 fully saturated rings. The lowest BCUT2D eigenvalue weighted by molar-refractivity contribution is 0.578. The van der Waals surface area contributed by atoms with E-state index in [2.05, 4.69) is 20.7 Å². The lowest BCUT2D eigenvalue weighted by atomic mass is 10.2. The van der Waals surface area contributed by atoms with Crippen LogP contribution in [0.3, 0.4) is 0 Å². The normalized spacial score (nSPS) is 11.6. The lowest BCUT2D eigenvalue weighted by Gasteiger charge is -2.06. The molecule has 0 bridgehead atoms. The lowest BCUT2D eigenvalue weighted by Crippen LogP contribution is -2.26. The van der Waals surface area contributed by atoms with E-state index in [1.807, 2.05) is 24.3 Å². The van der Waals surface area contributed by atoms with Crippen LogP contribution in [0, 0.1) is 0 Å². The van der Waals surface area contributed by atoms with E-state index in [9.17, 15) is 8.42 Å². The highest BCUT2D eigenvalue weighted by Crippen LogP contribution is 2.11. The molecule has 0 aliphatic heterocycles. The van der Waals surface area contributed by atoms with Crippen LogP contribution in [0.25, 0.3) is 0 Å². The van der Waals surface area contributed by atoms with Gasteiger partial charge in [0.2, 0.25) is 10.0 Å². The van der Waals surface area contributed by atoms with Gasteiger partial charge >= 0.3 is 0 Å². The zero-order valence-corrected chi connectivity index (χ0v) is 12.5. The Labute approximate surface area is 116 Å². The molecular formula is C11H15BrClNO2S. The van der Waals surface area contributed by atoms with Gasteiger partial charge in [0.25, 0.3) is 0 Å². The van der Waals surface area contributed by atoms with Gasteiger partial charge in [-0.15, -0.1) is 11.6 Å². The molecule has 0 aliphatic rings. The Morgan fingerprint density at radius 2 is 2.06 bits per heavy atom. The van der Waals surface area contributed by atoms with Crippen molar-refractivity contribution in [2.24, 2.45) is 0 Å². The molecule has 0 saturated carbocycles. The fraction of sp³-hybridized carbons (Fsp3) is 0.455. The Kier molecular flexibility index (Phi) is 6.48. The molecule has 3 nitrogen and oxygen atoms in total. The minimum atomic E-state index is -3.19. The molecule has 0 radical (unpaired) electrons. The van der Waals surface area contributed by atoms with Gasteiger partial charge in [-0.1, -0.05) is 28.1 Å². The van der Waals surface area contributed by atoms with Crippen molar-refractivity contribution in [3.8, 4) is 0 Å². The molecule has 1 aromatic carbocycles. The maximum absolute atomic E-state index is 11.6. The molecular weight excluding hydrogens is 326 g/mol. The third-order valence-corrected chi connectivity index (χ3v) is 4.35. The van der Waals surface area contributed by atoms with E-state index in [4.69, 9.17) is 11.6 Å². The third-order valence-electron chi connectivity index (χ3n) is 2.18. The van der Waals surface area contributed by atoms with Gasteiger partial charge in [-0.05, 0) is 30.5 Å². The monoisotopic (exact) mass is 339 g/mol. The van der Waals surface area contributed by atoms with Crippen LogP contribution in [0.2, 0.25) is 0 Å². The second kappa shape index (κ2) is 7.36. The van der Waals surface area contributed by atoms with Crippen molar-refractivity contribution >= 4 is 37.6 Å². The van der Waals surface area contributed by atoms with Gasteiger partial charge in [-0.3, -0.25) is 0 Å². The highest BCUT2D eigenvalue weighted by molar-refractivity contribution is 9.10. The predicted octanol–water partition coefficient (Wildman–Crippen LogP) is 2.89. The fourth-order valence-corrected chi connectivity index (χ4v) is 3.05. The van der Waals surface area contributed by atoms with Crippen molar-refractivity contribution in [1.29, 1.82) is 0 Å². The maximum atomic E-state index is 11.6. The van der Waals surface area contributed by atoms with E-state index in [0.717, 1.165) is 16.5 Å². The average molecular weight is 341 g/mol. The van der Waals surface area contributed by atoms with Crippen molar-refractivity contribution in [1.82, 2.24) is 4.72 Å². The molecule has 0 atom stereocenters. The average Bonchev–Trinajstić information content (AvgIpc) is 2.27. The number of halogens is 2. The summed E-state index contributed by atoms with van der Waals surface area (Å²) in [7, 11) is -3.19. The summed E-state index contributed by atoms with van der Waals surface area (Å²) in [6.07, 6.45) is 1.32. The number of alkyl halides is 1. The van der Waals surface area contributed by atoms with Crippen LogP contribution in [0.5, 0.6) is 0 Å². The molecule has 0 heterocycles. The van der Waals surface area contributed by atoms with E-state index in [1.54, 1.807) is 0 Å². The zero-order valence-electron chi connectivity index (χ0n) is 9.33.